The summed E-state index contributed by atoms with van der Waals surface area (Å²) in [4.78, 5) is 53.1. The van der Waals surface area contributed by atoms with Crippen LogP contribution in [0.1, 0.15) is 17.4 Å². The van der Waals surface area contributed by atoms with Crippen molar-refractivity contribution in [3.05, 3.63) is 11.2 Å². The molecule has 5 aliphatic heterocycles. The first kappa shape index (κ1) is 31.3. The summed E-state index contributed by atoms with van der Waals surface area (Å²) in [5, 5.41) is 2.40. The van der Waals surface area contributed by atoms with Crippen LogP contribution in [0, 0.1) is 0 Å². The second-order valence-electron chi connectivity index (χ2n) is 10.5. The minimum Gasteiger partial charge on any atom is -0.382 e. The van der Waals surface area contributed by atoms with E-state index in [2.05, 4.69) is 29.6 Å². The van der Waals surface area contributed by atoms with Crippen molar-refractivity contribution in [2.75, 3.05) is 26.1 Å². The van der Waals surface area contributed by atoms with Gasteiger partial charge in [0.25, 0.3) is 5.91 Å². The number of aliphatic imine (C=N–C) groups is 2. The summed E-state index contributed by atoms with van der Waals surface area (Å²) >= 11 is 6.43. The number of hydrogen-bond donors (Lipinski definition) is 5. The predicted molar refractivity (Wildman–Crippen MR) is 157 cm³/mol. The Hall–Kier alpha value is -2.30. The highest BCUT2D eigenvalue weighted by molar-refractivity contribution is 8.07. The first-order chi connectivity index (χ1) is 21.4. The SMILES string of the molecule is CO[C@H]1[C@H]2OP(=O)(O)OC[C@H]3O[C@@H](c4snc5c(N)ncnc45)C[C@@H]3OP(O)(=S)OC[C@H]1O[C@H]2N1C=NC2C(=O)NC(N)=NC21. The monoisotopic (exact) mass is 707 g/mol. The van der Waals surface area contributed by atoms with Crippen molar-refractivity contribution < 1.29 is 51.5 Å². The molecule has 0 spiro atoms. The van der Waals surface area contributed by atoms with E-state index in [4.69, 9.17) is 55.6 Å². The molecule has 0 radical (unpaired) electrons. The average molecular weight is 708 g/mol. The van der Waals surface area contributed by atoms with Crippen molar-refractivity contribution in [3.63, 3.8) is 0 Å². The van der Waals surface area contributed by atoms with E-state index in [0.29, 0.717) is 15.9 Å². The lowest BCUT2D eigenvalue weighted by molar-refractivity contribution is -0.124. The van der Waals surface area contributed by atoms with E-state index >= 15 is 0 Å². The summed E-state index contributed by atoms with van der Waals surface area (Å²) in [7, 11) is -3.54. The van der Waals surface area contributed by atoms with Crippen molar-refractivity contribution in [1.29, 1.82) is 0 Å². The van der Waals surface area contributed by atoms with Gasteiger partial charge in [-0.3, -0.25) is 24.2 Å². The number of amides is 1. The third-order valence-corrected chi connectivity index (χ3v) is 11.2. The van der Waals surface area contributed by atoms with Crippen LogP contribution in [0.4, 0.5) is 5.82 Å². The van der Waals surface area contributed by atoms with Crippen LogP contribution in [0.2, 0.25) is 0 Å². The van der Waals surface area contributed by atoms with Crippen LogP contribution in [0.25, 0.3) is 11.0 Å². The number of phosphoric acid groups is 1. The van der Waals surface area contributed by atoms with Gasteiger partial charge in [0.1, 0.15) is 41.8 Å². The van der Waals surface area contributed by atoms with Gasteiger partial charge in [-0.25, -0.2) is 19.5 Å². The first-order valence-corrected chi connectivity index (χ1v) is 18.2. The van der Waals surface area contributed by atoms with Crippen LogP contribution in [0.15, 0.2) is 16.3 Å². The zero-order valence-corrected chi connectivity index (χ0v) is 26.5. The number of anilines is 1. The normalized spacial score (nSPS) is 41.9. The number of carbonyl (C=O) groups is 1. The molecule has 0 saturated carbocycles. The molecule has 7 heterocycles. The van der Waals surface area contributed by atoms with Gasteiger partial charge < -0.3 is 49.4 Å². The molecule has 2 aromatic rings. The van der Waals surface area contributed by atoms with Gasteiger partial charge in [0.15, 0.2) is 30.2 Å². The lowest BCUT2D eigenvalue weighted by Gasteiger charge is -2.34. The summed E-state index contributed by atoms with van der Waals surface area (Å²) in [5.41, 5.74) is 12.6. The molecular formula is C21H27N9O11P2S2. The topological polar surface area (TPSA) is 270 Å². The smallest absolute Gasteiger partial charge is 0.382 e. The maximum Gasteiger partial charge on any atom is 0.472 e. The molecule has 20 nitrogen and oxygen atoms in total. The minimum atomic E-state index is -4.87. The fraction of sp³-hybridized carbons (Fsp3) is 0.619. The van der Waals surface area contributed by atoms with E-state index in [1.54, 1.807) is 0 Å². The number of nitrogens with two attached hydrogens (primary N) is 2. The number of ether oxygens (including phenoxy) is 3. The molecule has 11 atom stereocenters. The van der Waals surface area contributed by atoms with Crippen molar-refractivity contribution in [2.24, 2.45) is 15.7 Å². The van der Waals surface area contributed by atoms with Gasteiger partial charge in [0, 0.05) is 13.5 Å². The minimum absolute atomic E-state index is 0.140. The highest BCUT2D eigenvalue weighted by Gasteiger charge is 2.56. The highest BCUT2D eigenvalue weighted by atomic mass is 32.5. The molecular weight excluding hydrogens is 680 g/mol. The largest absolute Gasteiger partial charge is 0.472 e. The van der Waals surface area contributed by atoms with Gasteiger partial charge in [-0.2, -0.15) is 4.37 Å². The van der Waals surface area contributed by atoms with E-state index in [-0.39, 0.29) is 24.8 Å². The molecule has 3 saturated heterocycles. The van der Waals surface area contributed by atoms with Gasteiger partial charge in [-0.1, -0.05) is 0 Å². The number of carbonyl (C=O) groups excluding carboxylic acids is 1. The van der Waals surface area contributed by atoms with Crippen LogP contribution in [0.5, 0.6) is 0 Å². The maximum absolute atomic E-state index is 13.4. The third kappa shape index (κ3) is 5.88. The van der Waals surface area contributed by atoms with Gasteiger partial charge in [-0.05, 0) is 23.3 Å². The van der Waals surface area contributed by atoms with Crippen molar-refractivity contribution in [2.45, 2.75) is 61.5 Å². The summed E-state index contributed by atoms with van der Waals surface area (Å²) in [6.07, 6.45) is -5.34. The number of hydrogen-bond acceptors (Lipinski definition) is 19. The van der Waals surface area contributed by atoms with Crippen LogP contribution >= 0.6 is 26.1 Å². The van der Waals surface area contributed by atoms with E-state index in [1.165, 1.54) is 24.7 Å². The molecule has 2 aromatic heterocycles. The molecule has 5 aliphatic rings. The summed E-state index contributed by atoms with van der Waals surface area (Å²) in [6.45, 7) is -4.83. The number of fused-ring (bicyclic) bond motifs is 5. The molecule has 24 heteroatoms. The van der Waals surface area contributed by atoms with Crippen LogP contribution in [0.3, 0.4) is 0 Å². The van der Waals surface area contributed by atoms with E-state index in [1.807, 2.05) is 0 Å². The Kier molecular flexibility index (Phi) is 8.17. The van der Waals surface area contributed by atoms with Gasteiger partial charge in [-0.15, -0.1) is 0 Å². The third-order valence-electron chi connectivity index (χ3n) is 7.73. The van der Waals surface area contributed by atoms with E-state index in [9.17, 15) is 19.1 Å². The Morgan fingerprint density at radius 2 is 1.93 bits per heavy atom. The average Bonchev–Trinajstić information content (AvgIpc) is 3.74. The van der Waals surface area contributed by atoms with Crippen molar-refractivity contribution >= 4 is 72.9 Å². The number of phosphoric ester groups is 1. The van der Waals surface area contributed by atoms with Crippen LogP contribution in [-0.2, 0) is 53.5 Å². The lowest BCUT2D eigenvalue weighted by atomic mass is 10.1. The molecule has 7 N–H and O–H groups in total. The van der Waals surface area contributed by atoms with Crippen LogP contribution in [-0.4, -0.2) is 117 Å². The quantitative estimate of drug-likeness (QED) is 0.236. The molecule has 3 fully saturated rings. The second kappa shape index (κ2) is 11.7. The molecule has 244 valence electrons. The molecule has 0 aromatic carbocycles. The number of methoxy groups -OCH3 is 1. The zero-order valence-electron chi connectivity index (χ0n) is 23.1. The number of nitrogens with zero attached hydrogens (tertiary/aromatic N) is 6. The molecule has 0 aliphatic carbocycles. The first-order valence-electron chi connectivity index (χ1n) is 13.4. The lowest BCUT2D eigenvalue weighted by Crippen LogP contribution is -2.57. The zero-order chi connectivity index (χ0) is 31.7. The fourth-order valence-electron chi connectivity index (χ4n) is 5.74. The van der Waals surface area contributed by atoms with Gasteiger partial charge in [0.05, 0.1) is 36.6 Å². The molecule has 2 bridgehead atoms. The Balaban J connectivity index is 1.16. The standard InChI is InChI=1S/C21H27N9O11P2S2/c1-35-14-10-4-37-43(34,44)40-7-2-8(16-11-12(29-45-16)17(22)25-5-24-11)38-9(7)3-36-42(32,33)41-15(14)20(39-10)30-6-26-13-18(30)27-21(23)28-19(13)31/h5-10,13-15,18,20H,2-4H2,1H3,(H,32,33)(H,34,44)(H2,22,24,25)(H3,23,27,28,31)/t7-,8+,9+,10+,13?,14+,15+,18?,20+,43?/m0/s1. The summed E-state index contributed by atoms with van der Waals surface area (Å²) in [6, 6.07) is -0.958. The van der Waals surface area contributed by atoms with Crippen molar-refractivity contribution in [3.8, 4) is 0 Å². The van der Waals surface area contributed by atoms with E-state index in [0.717, 1.165) is 11.5 Å². The molecule has 1 amide bonds. The number of nitrogens with one attached hydrogen (secondary N) is 1. The number of guanidine groups is 1. The molecule has 4 unspecified atom stereocenters. The van der Waals surface area contributed by atoms with Gasteiger partial charge >= 0.3 is 14.5 Å². The Morgan fingerprint density at radius 3 is 2.73 bits per heavy atom. The Morgan fingerprint density at radius 1 is 1.13 bits per heavy atom. The molecule has 45 heavy (non-hydrogen) atoms. The molecule has 7 rings (SSSR count). The van der Waals surface area contributed by atoms with Crippen LogP contribution < -0.4 is 16.8 Å². The maximum atomic E-state index is 13.4. The number of aromatic nitrogens is 3. The summed E-state index contributed by atoms with van der Waals surface area (Å²) < 4.78 is 58.2. The second-order valence-corrected chi connectivity index (χ2v) is 15.5. The van der Waals surface area contributed by atoms with Crippen molar-refractivity contribution in [1.82, 2.24) is 24.6 Å². The highest BCUT2D eigenvalue weighted by Crippen LogP contribution is 2.54. The Bertz CT molecular complexity index is 1670. The summed E-state index contributed by atoms with van der Waals surface area (Å²) in [5.74, 6) is -0.436. The Labute approximate surface area is 263 Å². The number of nitrogen functional groups attached to an aromatic ring is 1. The van der Waals surface area contributed by atoms with E-state index < -0.39 is 82.1 Å². The van der Waals surface area contributed by atoms with Gasteiger partial charge in [0.2, 0.25) is 0 Å². The fourth-order valence-corrected chi connectivity index (χ4v) is 9.02. The predicted octanol–water partition coefficient (Wildman–Crippen LogP) is -1.14. The number of rotatable bonds is 3.